The van der Waals surface area contributed by atoms with Crippen LogP contribution in [0, 0.1) is 0 Å². The van der Waals surface area contributed by atoms with Crippen LogP contribution in [0.5, 0.6) is 0 Å². The molecule has 0 unspecified atom stereocenters. The predicted molar refractivity (Wildman–Crippen MR) is 135 cm³/mol. The summed E-state index contributed by atoms with van der Waals surface area (Å²) in [5, 5.41) is 18.6. The first kappa shape index (κ1) is 24.8. The number of pyridine rings is 1. The van der Waals surface area contributed by atoms with Crippen LogP contribution >= 0.6 is 0 Å². The first-order chi connectivity index (χ1) is 17.2. The molecule has 1 saturated heterocycles. The standard InChI is InChI=1S/C23H31N11O2/c1-5-33-12-17(11-26-33)27-21-19(20(24)35)30-31-23(29-21)34-13-16(8-6-14(34)2)28-22(36)15-7-9-18(25-10-15)32(3)4/h7,9-12,14,16H,5-6,8,13H2,1-4H3,(H2,24,35)(H,28,36)(H,27,29,31)/t14-,16+/m0/s1. The molecular formula is C23H31N11O2. The molecule has 1 aliphatic rings. The fourth-order valence-corrected chi connectivity index (χ4v) is 3.99. The molecule has 0 aliphatic carbocycles. The van der Waals surface area contributed by atoms with Gasteiger partial charge in [0.05, 0.1) is 17.4 Å². The quantitative estimate of drug-likeness (QED) is 0.416. The molecule has 4 heterocycles. The van der Waals surface area contributed by atoms with Gasteiger partial charge in [-0.3, -0.25) is 14.3 Å². The fourth-order valence-electron chi connectivity index (χ4n) is 3.99. The van der Waals surface area contributed by atoms with Crippen molar-refractivity contribution in [2.75, 3.05) is 35.8 Å². The molecule has 0 spiro atoms. The molecule has 1 aliphatic heterocycles. The third kappa shape index (κ3) is 5.50. The number of nitrogens with two attached hydrogens (primary N) is 1. The van der Waals surface area contributed by atoms with E-state index < -0.39 is 5.91 Å². The van der Waals surface area contributed by atoms with Crippen LogP contribution in [0.3, 0.4) is 0 Å². The van der Waals surface area contributed by atoms with Gasteiger partial charge in [-0.25, -0.2) is 4.98 Å². The van der Waals surface area contributed by atoms with Crippen molar-refractivity contribution in [2.24, 2.45) is 5.73 Å². The van der Waals surface area contributed by atoms with Crippen LogP contribution in [0.2, 0.25) is 0 Å². The van der Waals surface area contributed by atoms with Crippen molar-refractivity contribution in [3.8, 4) is 0 Å². The average molecular weight is 494 g/mol. The minimum Gasteiger partial charge on any atom is -0.364 e. The molecule has 2 atom stereocenters. The Labute approximate surface area is 209 Å². The number of carbonyl (C=O) groups excluding carboxylic acids is 2. The maximum absolute atomic E-state index is 12.8. The van der Waals surface area contributed by atoms with Crippen LogP contribution in [-0.2, 0) is 6.54 Å². The van der Waals surface area contributed by atoms with E-state index in [1.54, 1.807) is 29.3 Å². The number of hydrogen-bond acceptors (Lipinski definition) is 10. The number of anilines is 4. The van der Waals surface area contributed by atoms with Crippen LogP contribution in [0.1, 0.15) is 47.5 Å². The summed E-state index contributed by atoms with van der Waals surface area (Å²) in [4.78, 5) is 37.5. The van der Waals surface area contributed by atoms with Crippen LogP contribution in [0.15, 0.2) is 30.7 Å². The summed E-state index contributed by atoms with van der Waals surface area (Å²) >= 11 is 0. The second-order valence-electron chi connectivity index (χ2n) is 8.93. The van der Waals surface area contributed by atoms with Crippen molar-refractivity contribution < 1.29 is 9.59 Å². The first-order valence-corrected chi connectivity index (χ1v) is 11.8. The highest BCUT2D eigenvalue weighted by Gasteiger charge is 2.30. The molecule has 190 valence electrons. The molecule has 2 amide bonds. The molecule has 3 aromatic heterocycles. The molecule has 4 rings (SSSR count). The number of primary amides is 1. The van der Waals surface area contributed by atoms with Crippen LogP contribution in [0.25, 0.3) is 0 Å². The van der Waals surface area contributed by atoms with Gasteiger partial charge in [0.15, 0.2) is 11.5 Å². The zero-order valence-electron chi connectivity index (χ0n) is 20.8. The number of hydrogen-bond donors (Lipinski definition) is 3. The third-order valence-corrected chi connectivity index (χ3v) is 6.07. The Morgan fingerprint density at radius 2 is 2.00 bits per heavy atom. The Morgan fingerprint density at radius 3 is 2.64 bits per heavy atom. The van der Waals surface area contributed by atoms with Crippen molar-refractivity contribution >= 4 is 35.1 Å². The summed E-state index contributed by atoms with van der Waals surface area (Å²) in [6, 6.07) is 3.55. The van der Waals surface area contributed by atoms with Crippen LogP contribution in [0.4, 0.5) is 23.3 Å². The predicted octanol–water partition coefficient (Wildman–Crippen LogP) is 1.18. The summed E-state index contributed by atoms with van der Waals surface area (Å²) < 4.78 is 1.74. The van der Waals surface area contributed by atoms with E-state index in [0.29, 0.717) is 30.3 Å². The minimum absolute atomic E-state index is 0.0637. The second kappa shape index (κ2) is 10.5. The fraction of sp³-hybridized carbons (Fsp3) is 0.435. The Bertz CT molecular complexity index is 1230. The molecule has 1 fully saturated rings. The average Bonchev–Trinajstić information content (AvgIpc) is 3.32. The van der Waals surface area contributed by atoms with Gasteiger partial charge in [-0.1, -0.05) is 0 Å². The summed E-state index contributed by atoms with van der Waals surface area (Å²) in [6.45, 7) is 5.22. The highest BCUT2D eigenvalue weighted by Crippen LogP contribution is 2.25. The normalized spacial score (nSPS) is 17.5. The highest BCUT2D eigenvalue weighted by atomic mass is 16.2. The van der Waals surface area contributed by atoms with Gasteiger partial charge in [-0.05, 0) is 38.8 Å². The van der Waals surface area contributed by atoms with E-state index in [4.69, 9.17) is 5.73 Å². The lowest BCUT2D eigenvalue weighted by molar-refractivity contribution is 0.0929. The molecule has 13 heteroatoms. The van der Waals surface area contributed by atoms with Crippen LogP contribution in [-0.4, -0.2) is 74.5 Å². The number of piperidine rings is 1. The van der Waals surface area contributed by atoms with Gasteiger partial charge in [0, 0.05) is 51.7 Å². The Balaban J connectivity index is 1.51. The third-order valence-electron chi connectivity index (χ3n) is 6.07. The van der Waals surface area contributed by atoms with Crippen molar-refractivity contribution in [1.82, 2.24) is 35.3 Å². The lowest BCUT2D eigenvalue weighted by atomic mass is 9.99. The van der Waals surface area contributed by atoms with Crippen molar-refractivity contribution in [1.29, 1.82) is 0 Å². The zero-order valence-corrected chi connectivity index (χ0v) is 20.8. The van der Waals surface area contributed by atoms with Gasteiger partial charge in [-0.2, -0.15) is 10.1 Å². The van der Waals surface area contributed by atoms with Gasteiger partial charge in [0.1, 0.15) is 5.82 Å². The smallest absolute Gasteiger partial charge is 0.273 e. The van der Waals surface area contributed by atoms with E-state index in [2.05, 4.69) is 42.8 Å². The molecule has 0 aromatic carbocycles. The number of amides is 2. The summed E-state index contributed by atoms with van der Waals surface area (Å²) in [7, 11) is 3.79. The van der Waals surface area contributed by atoms with E-state index in [9.17, 15) is 9.59 Å². The SMILES string of the molecule is CCn1cc(Nc2nc(N3C[C@H](NC(=O)c4ccc(N(C)C)nc4)CC[C@@H]3C)nnc2C(N)=O)cn1. The van der Waals surface area contributed by atoms with Gasteiger partial charge in [0.2, 0.25) is 5.95 Å². The van der Waals surface area contributed by atoms with Gasteiger partial charge in [0.25, 0.3) is 11.8 Å². The first-order valence-electron chi connectivity index (χ1n) is 11.8. The number of carbonyl (C=O) groups is 2. The molecule has 0 bridgehead atoms. The maximum atomic E-state index is 12.8. The van der Waals surface area contributed by atoms with E-state index in [1.165, 1.54) is 0 Å². The largest absolute Gasteiger partial charge is 0.364 e. The van der Waals surface area contributed by atoms with E-state index in [-0.39, 0.29) is 29.5 Å². The molecule has 4 N–H and O–H groups in total. The second-order valence-corrected chi connectivity index (χ2v) is 8.93. The van der Waals surface area contributed by atoms with Crippen LogP contribution < -0.4 is 26.2 Å². The number of aromatic nitrogens is 6. The Morgan fingerprint density at radius 1 is 1.19 bits per heavy atom. The topological polar surface area (TPSA) is 160 Å². The number of aryl methyl sites for hydroxylation is 1. The highest BCUT2D eigenvalue weighted by molar-refractivity contribution is 5.96. The molecular weight excluding hydrogens is 462 g/mol. The van der Waals surface area contributed by atoms with E-state index in [0.717, 1.165) is 18.7 Å². The molecule has 0 saturated carbocycles. The van der Waals surface area contributed by atoms with Crippen molar-refractivity contribution in [2.45, 2.75) is 45.3 Å². The van der Waals surface area contributed by atoms with Gasteiger partial charge >= 0.3 is 0 Å². The lowest BCUT2D eigenvalue weighted by Gasteiger charge is -2.38. The zero-order chi connectivity index (χ0) is 25.8. The monoisotopic (exact) mass is 493 g/mol. The van der Waals surface area contributed by atoms with Gasteiger partial charge in [-0.15, -0.1) is 10.2 Å². The Kier molecular flexibility index (Phi) is 7.27. The molecule has 3 aromatic rings. The molecule has 13 nitrogen and oxygen atoms in total. The van der Waals surface area contributed by atoms with Gasteiger partial charge < -0.3 is 26.2 Å². The lowest BCUT2D eigenvalue weighted by Crippen LogP contribution is -2.51. The summed E-state index contributed by atoms with van der Waals surface area (Å²) in [6.07, 6.45) is 6.62. The molecule has 36 heavy (non-hydrogen) atoms. The number of rotatable bonds is 8. The van der Waals surface area contributed by atoms with Crippen molar-refractivity contribution in [3.63, 3.8) is 0 Å². The summed E-state index contributed by atoms with van der Waals surface area (Å²) in [5.41, 5.74) is 6.58. The Hall–Kier alpha value is -4.29. The maximum Gasteiger partial charge on any atom is 0.273 e. The van der Waals surface area contributed by atoms with Crippen molar-refractivity contribution in [3.05, 3.63) is 42.0 Å². The number of nitrogens with one attached hydrogen (secondary N) is 2. The minimum atomic E-state index is -0.738. The van der Waals surface area contributed by atoms with E-state index >= 15 is 0 Å². The summed E-state index contributed by atoms with van der Waals surface area (Å²) in [5.74, 6) is 0.394. The van der Waals surface area contributed by atoms with E-state index in [1.807, 2.05) is 36.9 Å². The number of nitrogens with zero attached hydrogens (tertiary/aromatic N) is 8. The molecule has 0 radical (unpaired) electrons.